The predicted octanol–water partition coefficient (Wildman–Crippen LogP) is 3.90. The Labute approximate surface area is 88.5 Å². The zero-order chi connectivity index (χ0) is 9.10. The number of hydrogen-bond donors (Lipinski definition) is 0. The number of rotatable bonds is 1. The van der Waals surface area contributed by atoms with Crippen LogP contribution in [0.4, 0.5) is 0 Å². The molecule has 13 heavy (non-hydrogen) atoms. The molecule has 0 saturated heterocycles. The van der Waals surface area contributed by atoms with Crippen LogP contribution in [0.25, 0.3) is 0 Å². The second-order valence-electron chi connectivity index (χ2n) is 3.23. The van der Waals surface area contributed by atoms with Crippen molar-refractivity contribution >= 4 is 23.5 Å². The molecule has 0 unspecified atom stereocenters. The largest absolute Gasteiger partial charge is 0.143 e. The zero-order valence-electron chi connectivity index (χ0n) is 7.82. The lowest BCUT2D eigenvalue weighted by Gasteiger charge is -2.08. The third-order valence-electron chi connectivity index (χ3n) is 2.30. The van der Waals surface area contributed by atoms with Crippen LogP contribution in [-0.2, 0) is 11.5 Å². The summed E-state index contributed by atoms with van der Waals surface area (Å²) in [5.41, 5.74) is 3.08. The van der Waals surface area contributed by atoms with Gasteiger partial charge in [-0.3, -0.25) is 0 Å². The quantitative estimate of drug-likeness (QED) is 0.689. The average molecular weight is 210 g/mol. The SMILES string of the molecule is CCC1SCc2ccccc2CS1. The van der Waals surface area contributed by atoms with Crippen molar-refractivity contribution < 1.29 is 0 Å². The highest BCUT2D eigenvalue weighted by molar-refractivity contribution is 8.16. The zero-order valence-corrected chi connectivity index (χ0v) is 9.46. The summed E-state index contributed by atoms with van der Waals surface area (Å²) in [4.78, 5) is 0. The average Bonchev–Trinajstić information content (AvgIpc) is 2.39. The van der Waals surface area contributed by atoms with E-state index in [9.17, 15) is 0 Å². The number of fused-ring (bicyclic) bond motifs is 1. The van der Waals surface area contributed by atoms with Gasteiger partial charge in [-0.15, -0.1) is 23.5 Å². The molecule has 0 fully saturated rings. The van der Waals surface area contributed by atoms with Crippen molar-refractivity contribution in [3.63, 3.8) is 0 Å². The summed E-state index contributed by atoms with van der Waals surface area (Å²) in [6.45, 7) is 2.28. The van der Waals surface area contributed by atoms with Crippen LogP contribution in [0, 0.1) is 0 Å². The number of hydrogen-bond acceptors (Lipinski definition) is 2. The van der Waals surface area contributed by atoms with E-state index >= 15 is 0 Å². The minimum atomic E-state index is 0.799. The summed E-state index contributed by atoms with van der Waals surface area (Å²) in [6.07, 6.45) is 1.28. The summed E-state index contributed by atoms with van der Waals surface area (Å²) in [6, 6.07) is 8.83. The normalized spacial score (nSPS) is 17.9. The summed E-state index contributed by atoms with van der Waals surface area (Å²) in [5, 5.41) is 0. The second-order valence-corrected chi connectivity index (χ2v) is 5.91. The van der Waals surface area contributed by atoms with Gasteiger partial charge in [0.1, 0.15) is 0 Å². The Morgan fingerprint density at radius 2 is 1.69 bits per heavy atom. The third-order valence-corrected chi connectivity index (χ3v) is 5.48. The van der Waals surface area contributed by atoms with E-state index in [4.69, 9.17) is 0 Å². The van der Waals surface area contributed by atoms with Crippen molar-refractivity contribution in [3.8, 4) is 0 Å². The van der Waals surface area contributed by atoms with Crippen molar-refractivity contribution in [2.24, 2.45) is 0 Å². The molecule has 0 saturated carbocycles. The molecule has 1 aliphatic heterocycles. The molecule has 0 atom stereocenters. The molecule has 0 amide bonds. The number of benzene rings is 1. The maximum absolute atomic E-state index is 2.28. The molecule has 0 radical (unpaired) electrons. The topological polar surface area (TPSA) is 0 Å². The molecule has 70 valence electrons. The van der Waals surface area contributed by atoms with Crippen LogP contribution in [0.3, 0.4) is 0 Å². The van der Waals surface area contributed by atoms with Gasteiger partial charge in [0, 0.05) is 11.5 Å². The second kappa shape index (κ2) is 4.43. The first-order valence-corrected chi connectivity index (χ1v) is 6.80. The third kappa shape index (κ3) is 2.23. The van der Waals surface area contributed by atoms with Crippen LogP contribution >= 0.6 is 23.5 Å². The van der Waals surface area contributed by atoms with E-state index in [1.54, 1.807) is 0 Å². The van der Waals surface area contributed by atoms with Crippen molar-refractivity contribution in [2.45, 2.75) is 29.4 Å². The van der Waals surface area contributed by atoms with Gasteiger partial charge >= 0.3 is 0 Å². The van der Waals surface area contributed by atoms with Crippen LogP contribution in [0.2, 0.25) is 0 Å². The predicted molar refractivity (Wildman–Crippen MR) is 63.1 cm³/mol. The minimum absolute atomic E-state index is 0.799. The molecule has 1 aliphatic rings. The van der Waals surface area contributed by atoms with E-state index < -0.39 is 0 Å². The first-order chi connectivity index (χ1) is 6.40. The Hall–Kier alpha value is -0.0800. The van der Waals surface area contributed by atoms with E-state index in [2.05, 4.69) is 54.7 Å². The fraction of sp³-hybridized carbons (Fsp3) is 0.455. The van der Waals surface area contributed by atoms with E-state index in [1.807, 2.05) is 0 Å². The molecule has 0 spiro atoms. The smallest absolute Gasteiger partial charge is 0.0506 e. The monoisotopic (exact) mass is 210 g/mol. The molecule has 1 aromatic rings. The fourth-order valence-electron chi connectivity index (χ4n) is 1.49. The molecule has 0 nitrogen and oxygen atoms in total. The van der Waals surface area contributed by atoms with Crippen molar-refractivity contribution in [1.82, 2.24) is 0 Å². The Balaban J connectivity index is 2.17. The van der Waals surface area contributed by atoms with Crippen LogP contribution < -0.4 is 0 Å². The highest BCUT2D eigenvalue weighted by Gasteiger charge is 2.14. The standard InChI is InChI=1S/C11H14S2/c1-2-11-12-7-9-5-3-4-6-10(9)8-13-11/h3-6,11H,2,7-8H2,1H3. The van der Waals surface area contributed by atoms with E-state index in [1.165, 1.54) is 29.1 Å². The molecular formula is C11H14S2. The van der Waals surface area contributed by atoms with Gasteiger partial charge in [0.2, 0.25) is 0 Å². The Kier molecular flexibility index (Phi) is 3.23. The van der Waals surface area contributed by atoms with E-state index in [0.717, 1.165) is 4.58 Å². The number of thioether (sulfide) groups is 2. The minimum Gasteiger partial charge on any atom is -0.143 e. The Morgan fingerprint density at radius 3 is 2.15 bits per heavy atom. The lowest BCUT2D eigenvalue weighted by molar-refractivity contribution is 1.06. The molecule has 2 rings (SSSR count). The highest BCUT2D eigenvalue weighted by Crippen LogP contribution is 2.36. The molecule has 0 N–H and O–H groups in total. The van der Waals surface area contributed by atoms with Gasteiger partial charge in [-0.05, 0) is 17.5 Å². The highest BCUT2D eigenvalue weighted by atomic mass is 32.2. The van der Waals surface area contributed by atoms with E-state index in [-0.39, 0.29) is 0 Å². The maximum atomic E-state index is 2.28. The summed E-state index contributed by atoms with van der Waals surface area (Å²) >= 11 is 4.18. The van der Waals surface area contributed by atoms with Crippen molar-refractivity contribution in [1.29, 1.82) is 0 Å². The fourth-order valence-corrected chi connectivity index (χ4v) is 4.05. The molecule has 0 aliphatic carbocycles. The molecule has 2 heteroatoms. The van der Waals surface area contributed by atoms with Crippen LogP contribution in [-0.4, -0.2) is 4.58 Å². The van der Waals surface area contributed by atoms with E-state index in [0.29, 0.717) is 0 Å². The Morgan fingerprint density at radius 1 is 1.15 bits per heavy atom. The first kappa shape index (κ1) is 9.47. The first-order valence-electron chi connectivity index (χ1n) is 4.70. The van der Waals surface area contributed by atoms with Crippen LogP contribution in [0.1, 0.15) is 24.5 Å². The van der Waals surface area contributed by atoms with Gasteiger partial charge in [-0.25, -0.2) is 0 Å². The van der Waals surface area contributed by atoms with Gasteiger partial charge in [-0.2, -0.15) is 0 Å². The van der Waals surface area contributed by atoms with Gasteiger partial charge in [0.25, 0.3) is 0 Å². The van der Waals surface area contributed by atoms with Gasteiger partial charge in [0.15, 0.2) is 0 Å². The van der Waals surface area contributed by atoms with Gasteiger partial charge in [-0.1, -0.05) is 31.2 Å². The lowest BCUT2D eigenvalue weighted by atomic mass is 10.1. The van der Waals surface area contributed by atoms with Crippen molar-refractivity contribution in [2.75, 3.05) is 0 Å². The summed E-state index contributed by atoms with van der Waals surface area (Å²) in [7, 11) is 0. The molecule has 1 aromatic carbocycles. The summed E-state index contributed by atoms with van der Waals surface area (Å²) < 4.78 is 0.799. The molecule has 0 aromatic heterocycles. The van der Waals surface area contributed by atoms with Crippen LogP contribution in [0.5, 0.6) is 0 Å². The van der Waals surface area contributed by atoms with Gasteiger partial charge in [0.05, 0.1) is 4.58 Å². The lowest BCUT2D eigenvalue weighted by Crippen LogP contribution is -1.91. The van der Waals surface area contributed by atoms with Gasteiger partial charge < -0.3 is 0 Å². The molecular weight excluding hydrogens is 196 g/mol. The van der Waals surface area contributed by atoms with Crippen LogP contribution in [0.15, 0.2) is 24.3 Å². The summed E-state index contributed by atoms with van der Waals surface area (Å²) in [5.74, 6) is 2.39. The molecule has 1 heterocycles. The molecule has 0 bridgehead atoms. The Bertz CT molecular complexity index is 256. The maximum Gasteiger partial charge on any atom is 0.0506 e. The van der Waals surface area contributed by atoms with Crippen molar-refractivity contribution in [3.05, 3.63) is 35.4 Å².